The van der Waals surface area contributed by atoms with E-state index < -0.39 is 29.8 Å². The maximum Gasteiger partial charge on any atom is 0.194 e. The van der Waals surface area contributed by atoms with Gasteiger partial charge in [0.05, 0.1) is 6.04 Å². The van der Waals surface area contributed by atoms with E-state index in [1.54, 1.807) is 0 Å². The lowest BCUT2D eigenvalue weighted by Crippen LogP contribution is -2.39. The molecular formula is C10H13F3N2O2. The highest BCUT2D eigenvalue weighted by molar-refractivity contribution is 5.24. The van der Waals surface area contributed by atoms with Crippen LogP contribution in [0, 0.1) is 17.5 Å². The second kappa shape index (κ2) is 5.97. The Labute approximate surface area is 96.5 Å². The first-order valence-electron chi connectivity index (χ1n) is 4.71. The normalized spacial score (nSPS) is 13.1. The first-order chi connectivity index (χ1) is 8.06. The Kier molecular flexibility index (Phi) is 4.88. The van der Waals surface area contributed by atoms with Crippen LogP contribution in [0.4, 0.5) is 13.2 Å². The second-order valence-electron chi connectivity index (χ2n) is 3.25. The van der Waals surface area contributed by atoms with Crippen molar-refractivity contribution in [3.8, 4) is 0 Å². The second-order valence-corrected chi connectivity index (χ2v) is 3.25. The lowest BCUT2D eigenvalue weighted by Gasteiger charge is -2.24. The number of hydrazine groups is 1. The molecule has 96 valence electrons. The third-order valence-corrected chi connectivity index (χ3v) is 2.32. The zero-order chi connectivity index (χ0) is 13.0. The Morgan fingerprint density at radius 1 is 1.12 bits per heavy atom. The molecule has 0 amide bonds. The van der Waals surface area contributed by atoms with Crippen molar-refractivity contribution in [2.24, 2.45) is 5.84 Å². The maximum absolute atomic E-state index is 13.5. The van der Waals surface area contributed by atoms with Crippen LogP contribution in [0.25, 0.3) is 0 Å². The first-order valence-corrected chi connectivity index (χ1v) is 4.71. The fourth-order valence-corrected chi connectivity index (χ4v) is 1.46. The third-order valence-electron chi connectivity index (χ3n) is 2.32. The number of ether oxygens (including phenoxy) is 2. The van der Waals surface area contributed by atoms with Crippen LogP contribution in [0.2, 0.25) is 0 Å². The molecule has 0 aliphatic rings. The summed E-state index contributed by atoms with van der Waals surface area (Å²) in [5.41, 5.74) is 2.05. The van der Waals surface area contributed by atoms with Crippen molar-refractivity contribution in [3.63, 3.8) is 0 Å². The molecule has 0 aromatic heterocycles. The van der Waals surface area contributed by atoms with E-state index in [2.05, 4.69) is 5.43 Å². The molecule has 1 rings (SSSR count). The van der Waals surface area contributed by atoms with Gasteiger partial charge in [0.25, 0.3) is 0 Å². The van der Waals surface area contributed by atoms with Gasteiger partial charge in [0.15, 0.2) is 23.7 Å². The smallest absolute Gasteiger partial charge is 0.194 e. The van der Waals surface area contributed by atoms with Gasteiger partial charge in [-0.2, -0.15) is 0 Å². The lowest BCUT2D eigenvalue weighted by molar-refractivity contribution is -0.124. The summed E-state index contributed by atoms with van der Waals surface area (Å²) < 4.78 is 49.1. The van der Waals surface area contributed by atoms with Crippen LogP contribution < -0.4 is 11.3 Å². The highest BCUT2D eigenvalue weighted by Gasteiger charge is 2.27. The molecule has 1 atom stereocenters. The van der Waals surface area contributed by atoms with E-state index in [1.165, 1.54) is 14.2 Å². The van der Waals surface area contributed by atoms with E-state index in [0.717, 1.165) is 12.1 Å². The van der Waals surface area contributed by atoms with Crippen molar-refractivity contribution >= 4 is 0 Å². The van der Waals surface area contributed by atoms with Gasteiger partial charge in [-0.15, -0.1) is 0 Å². The van der Waals surface area contributed by atoms with E-state index in [1.807, 2.05) is 0 Å². The maximum atomic E-state index is 13.5. The first kappa shape index (κ1) is 13.9. The molecule has 0 aliphatic heterocycles. The summed E-state index contributed by atoms with van der Waals surface area (Å²) in [6, 6.07) is 0.921. The van der Waals surface area contributed by atoms with Gasteiger partial charge in [0, 0.05) is 19.8 Å². The summed E-state index contributed by atoms with van der Waals surface area (Å²) in [5, 5.41) is 0. The lowest BCUT2D eigenvalue weighted by atomic mass is 10.1. The van der Waals surface area contributed by atoms with E-state index in [0.29, 0.717) is 0 Å². The van der Waals surface area contributed by atoms with Crippen LogP contribution in [0.3, 0.4) is 0 Å². The van der Waals surface area contributed by atoms with E-state index >= 15 is 0 Å². The number of rotatable bonds is 5. The zero-order valence-electron chi connectivity index (χ0n) is 9.34. The Morgan fingerprint density at radius 3 is 2.18 bits per heavy atom. The number of benzene rings is 1. The van der Waals surface area contributed by atoms with Crippen LogP contribution in [0.1, 0.15) is 11.6 Å². The standard InChI is InChI=1S/C10H13F3N2O2/c1-16-10(17-2)9(15-14)5-3-4-6(11)8(13)7(5)12/h3-4,9-10,15H,14H2,1-2H3. The quantitative estimate of drug-likeness (QED) is 0.357. The summed E-state index contributed by atoms with van der Waals surface area (Å²) in [6.45, 7) is 0. The molecule has 0 heterocycles. The molecular weight excluding hydrogens is 237 g/mol. The third kappa shape index (κ3) is 2.75. The van der Waals surface area contributed by atoms with Crippen LogP contribution in [0.5, 0.6) is 0 Å². The van der Waals surface area contributed by atoms with Gasteiger partial charge in [-0.05, 0) is 6.07 Å². The average Bonchev–Trinajstić information content (AvgIpc) is 2.34. The van der Waals surface area contributed by atoms with Gasteiger partial charge in [-0.3, -0.25) is 5.84 Å². The molecule has 7 heteroatoms. The Hall–Kier alpha value is -1.15. The topological polar surface area (TPSA) is 56.5 Å². The minimum Gasteiger partial charge on any atom is -0.354 e. The van der Waals surface area contributed by atoms with Crippen LogP contribution >= 0.6 is 0 Å². The SMILES string of the molecule is COC(OC)C(NN)c1ccc(F)c(F)c1F. The molecule has 4 nitrogen and oxygen atoms in total. The summed E-state index contributed by atoms with van der Waals surface area (Å²) in [4.78, 5) is 0. The molecule has 3 N–H and O–H groups in total. The molecule has 1 aromatic carbocycles. The van der Waals surface area contributed by atoms with Crippen molar-refractivity contribution in [3.05, 3.63) is 35.1 Å². The summed E-state index contributed by atoms with van der Waals surface area (Å²) in [7, 11) is 2.63. The summed E-state index contributed by atoms with van der Waals surface area (Å²) >= 11 is 0. The van der Waals surface area contributed by atoms with Crippen molar-refractivity contribution in [2.75, 3.05) is 14.2 Å². The predicted molar refractivity (Wildman–Crippen MR) is 54.2 cm³/mol. The molecule has 0 saturated heterocycles. The van der Waals surface area contributed by atoms with Gasteiger partial charge in [0.1, 0.15) is 0 Å². The number of hydrogen-bond acceptors (Lipinski definition) is 4. The molecule has 0 aliphatic carbocycles. The Balaban J connectivity index is 3.16. The van der Waals surface area contributed by atoms with Crippen molar-refractivity contribution in [1.82, 2.24) is 5.43 Å². The molecule has 0 spiro atoms. The monoisotopic (exact) mass is 250 g/mol. The molecule has 0 saturated carbocycles. The summed E-state index contributed by atoms with van der Waals surface area (Å²) in [5.74, 6) is 1.06. The number of nitrogens with one attached hydrogen (secondary N) is 1. The highest BCUT2D eigenvalue weighted by Crippen LogP contribution is 2.24. The molecule has 0 fully saturated rings. The van der Waals surface area contributed by atoms with E-state index in [9.17, 15) is 13.2 Å². The van der Waals surface area contributed by atoms with E-state index in [4.69, 9.17) is 15.3 Å². The van der Waals surface area contributed by atoms with Crippen LogP contribution in [-0.4, -0.2) is 20.5 Å². The number of hydrogen-bond donors (Lipinski definition) is 2. The summed E-state index contributed by atoms with van der Waals surface area (Å²) in [6.07, 6.45) is -0.931. The van der Waals surface area contributed by atoms with Crippen LogP contribution in [0.15, 0.2) is 12.1 Å². The van der Waals surface area contributed by atoms with Crippen molar-refractivity contribution in [1.29, 1.82) is 0 Å². The van der Waals surface area contributed by atoms with E-state index in [-0.39, 0.29) is 5.56 Å². The number of methoxy groups -OCH3 is 2. The fourth-order valence-electron chi connectivity index (χ4n) is 1.46. The van der Waals surface area contributed by atoms with Gasteiger partial charge in [-0.1, -0.05) is 6.07 Å². The number of halogens is 3. The van der Waals surface area contributed by atoms with Gasteiger partial charge >= 0.3 is 0 Å². The Morgan fingerprint density at radius 2 is 1.71 bits per heavy atom. The minimum atomic E-state index is -1.56. The molecule has 17 heavy (non-hydrogen) atoms. The molecule has 1 unspecified atom stereocenters. The minimum absolute atomic E-state index is 0.180. The fraction of sp³-hybridized carbons (Fsp3) is 0.400. The number of nitrogens with two attached hydrogens (primary N) is 1. The van der Waals surface area contributed by atoms with Crippen molar-refractivity contribution in [2.45, 2.75) is 12.3 Å². The van der Waals surface area contributed by atoms with Crippen LogP contribution in [-0.2, 0) is 9.47 Å². The Bertz CT molecular complexity index is 386. The average molecular weight is 250 g/mol. The molecule has 0 bridgehead atoms. The van der Waals surface area contributed by atoms with Gasteiger partial charge < -0.3 is 9.47 Å². The predicted octanol–water partition coefficient (Wildman–Crippen LogP) is 1.23. The molecule has 0 radical (unpaired) electrons. The van der Waals surface area contributed by atoms with Crippen molar-refractivity contribution < 1.29 is 22.6 Å². The largest absolute Gasteiger partial charge is 0.354 e. The van der Waals surface area contributed by atoms with Gasteiger partial charge in [-0.25, -0.2) is 18.6 Å². The highest BCUT2D eigenvalue weighted by atomic mass is 19.2. The molecule has 1 aromatic rings. The van der Waals surface area contributed by atoms with Gasteiger partial charge in [0.2, 0.25) is 0 Å². The zero-order valence-corrected chi connectivity index (χ0v) is 9.34.